The summed E-state index contributed by atoms with van der Waals surface area (Å²) in [7, 11) is 0. The molecule has 0 aliphatic carbocycles. The van der Waals surface area contributed by atoms with Crippen LogP contribution in [0, 0.1) is 6.92 Å². The fourth-order valence-electron chi connectivity index (χ4n) is 1.10. The van der Waals surface area contributed by atoms with Crippen LogP contribution < -0.4 is 17.0 Å². The molecule has 7 heteroatoms. The Labute approximate surface area is 90.8 Å². The van der Waals surface area contributed by atoms with Gasteiger partial charge in [0.15, 0.2) is 0 Å². The molecule has 15 heavy (non-hydrogen) atoms. The van der Waals surface area contributed by atoms with Crippen LogP contribution in [0.4, 0.5) is 0 Å². The van der Waals surface area contributed by atoms with Gasteiger partial charge in [-0.1, -0.05) is 0 Å². The molecule has 0 unspecified atom stereocenters. The van der Waals surface area contributed by atoms with Crippen LogP contribution in [0.15, 0.2) is 16.0 Å². The first-order valence-corrected chi connectivity index (χ1v) is 5.42. The predicted molar refractivity (Wildman–Crippen MR) is 57.3 cm³/mol. The SMILES string of the molecule is CSc1nc(=O)n(CC(=O)NN)cc1C. The van der Waals surface area contributed by atoms with Crippen molar-refractivity contribution in [3.8, 4) is 0 Å². The van der Waals surface area contributed by atoms with Gasteiger partial charge in [0.05, 0.1) is 0 Å². The average Bonchev–Trinajstić information content (AvgIpc) is 2.22. The molecule has 0 aliphatic heterocycles. The van der Waals surface area contributed by atoms with Crippen molar-refractivity contribution in [2.75, 3.05) is 6.26 Å². The van der Waals surface area contributed by atoms with Gasteiger partial charge in [-0.25, -0.2) is 10.6 Å². The van der Waals surface area contributed by atoms with Gasteiger partial charge in [0.25, 0.3) is 5.91 Å². The van der Waals surface area contributed by atoms with Gasteiger partial charge in [0.1, 0.15) is 11.6 Å². The highest BCUT2D eigenvalue weighted by atomic mass is 32.2. The maximum absolute atomic E-state index is 11.4. The van der Waals surface area contributed by atoms with Crippen LogP contribution in [-0.4, -0.2) is 21.7 Å². The maximum Gasteiger partial charge on any atom is 0.349 e. The molecule has 0 bridgehead atoms. The third-order valence-corrected chi connectivity index (χ3v) is 2.60. The molecule has 1 aromatic heterocycles. The first-order chi connectivity index (χ1) is 7.08. The first-order valence-electron chi connectivity index (χ1n) is 4.20. The molecule has 0 saturated carbocycles. The molecule has 82 valence electrons. The normalized spacial score (nSPS) is 10.1. The van der Waals surface area contributed by atoms with E-state index in [1.54, 1.807) is 6.20 Å². The van der Waals surface area contributed by atoms with E-state index >= 15 is 0 Å². The van der Waals surface area contributed by atoms with Gasteiger partial charge in [-0.2, -0.15) is 4.98 Å². The van der Waals surface area contributed by atoms with E-state index in [0.717, 1.165) is 5.56 Å². The Morgan fingerprint density at radius 2 is 2.40 bits per heavy atom. The number of nitrogens with zero attached hydrogens (tertiary/aromatic N) is 2. The van der Waals surface area contributed by atoms with Crippen molar-refractivity contribution in [3.63, 3.8) is 0 Å². The van der Waals surface area contributed by atoms with Gasteiger partial charge < -0.3 is 0 Å². The number of nitrogens with one attached hydrogen (secondary N) is 1. The summed E-state index contributed by atoms with van der Waals surface area (Å²) in [5.74, 6) is 4.49. The molecule has 1 amide bonds. The van der Waals surface area contributed by atoms with Gasteiger partial charge in [-0.3, -0.25) is 14.8 Å². The molecule has 0 fully saturated rings. The van der Waals surface area contributed by atoms with Crippen LogP contribution in [0.2, 0.25) is 0 Å². The summed E-state index contributed by atoms with van der Waals surface area (Å²) in [5, 5.41) is 0.671. The molecule has 1 aromatic rings. The topological polar surface area (TPSA) is 90.0 Å². The number of aryl methyl sites for hydroxylation is 1. The second-order valence-corrected chi connectivity index (χ2v) is 3.71. The Morgan fingerprint density at radius 1 is 1.73 bits per heavy atom. The second kappa shape index (κ2) is 4.94. The summed E-state index contributed by atoms with van der Waals surface area (Å²) in [6, 6.07) is 0. The lowest BCUT2D eigenvalue weighted by molar-refractivity contribution is -0.121. The first kappa shape index (κ1) is 11.7. The highest BCUT2D eigenvalue weighted by Gasteiger charge is 2.06. The van der Waals surface area contributed by atoms with Crippen molar-refractivity contribution in [3.05, 3.63) is 22.2 Å². The minimum atomic E-state index is -0.450. The number of carbonyl (C=O) groups is 1. The number of nitrogens with two attached hydrogens (primary N) is 1. The van der Waals surface area contributed by atoms with Gasteiger partial charge in [-0.15, -0.1) is 11.8 Å². The van der Waals surface area contributed by atoms with Crippen molar-refractivity contribution < 1.29 is 4.79 Å². The lowest BCUT2D eigenvalue weighted by Gasteiger charge is -2.06. The lowest BCUT2D eigenvalue weighted by atomic mass is 10.4. The number of thioether (sulfide) groups is 1. The minimum absolute atomic E-state index is 0.113. The Hall–Kier alpha value is -1.34. The zero-order chi connectivity index (χ0) is 11.4. The quantitative estimate of drug-likeness (QED) is 0.234. The smallest absolute Gasteiger partial charge is 0.293 e. The Morgan fingerprint density at radius 3 is 2.93 bits per heavy atom. The predicted octanol–water partition coefficient (Wildman–Crippen LogP) is -0.736. The van der Waals surface area contributed by atoms with Crippen LogP contribution in [0.1, 0.15) is 5.56 Å². The number of amides is 1. The van der Waals surface area contributed by atoms with Crippen LogP contribution in [0.3, 0.4) is 0 Å². The number of rotatable bonds is 3. The van der Waals surface area contributed by atoms with Gasteiger partial charge in [0, 0.05) is 6.20 Å². The van der Waals surface area contributed by atoms with Crippen molar-refractivity contribution in [2.45, 2.75) is 18.5 Å². The van der Waals surface area contributed by atoms with Crippen LogP contribution >= 0.6 is 11.8 Å². The van der Waals surface area contributed by atoms with Gasteiger partial charge >= 0.3 is 5.69 Å². The van der Waals surface area contributed by atoms with E-state index in [4.69, 9.17) is 5.84 Å². The Balaban J connectivity index is 3.06. The molecular formula is C8H12N4O2S. The molecule has 1 heterocycles. The number of hydrazine groups is 1. The van der Waals surface area contributed by atoms with Crippen LogP contribution in [-0.2, 0) is 11.3 Å². The van der Waals surface area contributed by atoms with Crippen molar-refractivity contribution in [2.24, 2.45) is 5.84 Å². The van der Waals surface area contributed by atoms with E-state index in [-0.39, 0.29) is 6.54 Å². The summed E-state index contributed by atoms with van der Waals surface area (Å²) >= 11 is 1.39. The molecule has 0 aromatic carbocycles. The van der Waals surface area contributed by atoms with E-state index in [9.17, 15) is 9.59 Å². The second-order valence-electron chi connectivity index (χ2n) is 2.91. The molecule has 0 radical (unpaired) electrons. The summed E-state index contributed by atoms with van der Waals surface area (Å²) in [5.41, 5.74) is 2.36. The van der Waals surface area contributed by atoms with E-state index in [1.807, 2.05) is 18.6 Å². The maximum atomic E-state index is 11.4. The van der Waals surface area contributed by atoms with Crippen molar-refractivity contribution >= 4 is 17.7 Å². The Kier molecular flexibility index (Phi) is 3.87. The van der Waals surface area contributed by atoms with E-state index in [2.05, 4.69) is 4.98 Å². The van der Waals surface area contributed by atoms with Gasteiger partial charge in [0.2, 0.25) is 0 Å². The van der Waals surface area contributed by atoms with E-state index < -0.39 is 11.6 Å². The summed E-state index contributed by atoms with van der Waals surface area (Å²) in [6.07, 6.45) is 3.43. The molecule has 0 spiro atoms. The lowest BCUT2D eigenvalue weighted by Crippen LogP contribution is -2.37. The third-order valence-electron chi connectivity index (χ3n) is 1.80. The molecule has 6 nitrogen and oxygen atoms in total. The van der Waals surface area contributed by atoms with Crippen molar-refractivity contribution in [1.29, 1.82) is 0 Å². The summed E-state index contributed by atoms with van der Waals surface area (Å²) in [4.78, 5) is 26.2. The number of hydrogen-bond acceptors (Lipinski definition) is 5. The fourth-order valence-corrected chi connectivity index (χ4v) is 1.65. The van der Waals surface area contributed by atoms with Crippen molar-refractivity contribution in [1.82, 2.24) is 15.0 Å². The molecule has 0 saturated heterocycles. The summed E-state index contributed by atoms with van der Waals surface area (Å²) in [6.45, 7) is 1.72. The number of aromatic nitrogens is 2. The number of carbonyl (C=O) groups excluding carboxylic acids is 1. The molecule has 3 N–H and O–H groups in total. The molecule has 0 aliphatic rings. The molecular weight excluding hydrogens is 216 g/mol. The highest BCUT2D eigenvalue weighted by molar-refractivity contribution is 7.98. The van der Waals surface area contributed by atoms with Gasteiger partial charge in [-0.05, 0) is 18.7 Å². The zero-order valence-electron chi connectivity index (χ0n) is 8.48. The molecule has 0 atom stereocenters. The molecule has 1 rings (SSSR count). The zero-order valence-corrected chi connectivity index (χ0v) is 9.30. The average molecular weight is 228 g/mol. The van der Waals surface area contributed by atoms with Crippen LogP contribution in [0.5, 0.6) is 0 Å². The fraction of sp³-hybridized carbons (Fsp3) is 0.375. The largest absolute Gasteiger partial charge is 0.349 e. The van der Waals surface area contributed by atoms with E-state index in [1.165, 1.54) is 16.3 Å². The van der Waals surface area contributed by atoms with Crippen LogP contribution in [0.25, 0.3) is 0 Å². The monoisotopic (exact) mass is 228 g/mol. The summed E-state index contributed by atoms with van der Waals surface area (Å²) < 4.78 is 1.22. The number of hydrogen-bond donors (Lipinski definition) is 2. The standard InChI is InChI=1S/C8H12N4O2S/c1-5-3-12(4-6(13)11-9)8(14)10-7(5)15-2/h3H,4,9H2,1-2H3,(H,11,13). The third kappa shape index (κ3) is 2.80. The highest BCUT2D eigenvalue weighted by Crippen LogP contribution is 2.13. The van der Waals surface area contributed by atoms with E-state index in [0.29, 0.717) is 5.03 Å². The Bertz CT molecular complexity index is 429. The minimum Gasteiger partial charge on any atom is -0.293 e.